The van der Waals surface area contributed by atoms with E-state index in [4.69, 9.17) is 9.47 Å². The van der Waals surface area contributed by atoms with Crippen LogP contribution >= 0.6 is 0 Å². The Kier molecular flexibility index (Phi) is 6.14. The molecule has 3 aromatic rings. The lowest BCUT2D eigenvalue weighted by Crippen LogP contribution is -2.30. The number of carbonyl (C=O) groups is 2. The van der Waals surface area contributed by atoms with Crippen LogP contribution < -0.4 is 9.47 Å². The zero-order chi connectivity index (χ0) is 23.7. The molecule has 7 nitrogen and oxygen atoms in total. The number of fused-ring (bicyclic) bond motifs is 1. The number of aliphatic hydroxyl groups is 1. The van der Waals surface area contributed by atoms with Gasteiger partial charge in [-0.15, -0.1) is 0 Å². The summed E-state index contributed by atoms with van der Waals surface area (Å²) in [6.07, 6.45) is 1.62. The second kappa shape index (κ2) is 9.02. The van der Waals surface area contributed by atoms with E-state index in [0.717, 1.165) is 35.0 Å². The number of unbranched alkanes of at least 4 members (excludes halogenated alkanes) is 1. The summed E-state index contributed by atoms with van der Waals surface area (Å²) in [7, 11) is 3.01. The fourth-order valence-electron chi connectivity index (χ4n) is 4.53. The number of likely N-dealkylation sites (tertiary alicyclic amines) is 1. The number of amides is 1. The number of carbonyl (C=O) groups excluding carboxylic acids is 2. The highest BCUT2D eigenvalue weighted by atomic mass is 16.5. The summed E-state index contributed by atoms with van der Waals surface area (Å²) in [6, 6.07) is 12.0. The lowest BCUT2D eigenvalue weighted by molar-refractivity contribution is -0.139. The average Bonchev–Trinajstić information content (AvgIpc) is 3.28. The molecule has 1 saturated heterocycles. The molecule has 1 atom stereocenters. The van der Waals surface area contributed by atoms with Crippen molar-refractivity contribution >= 4 is 28.4 Å². The predicted molar refractivity (Wildman–Crippen MR) is 126 cm³/mol. The predicted octanol–water partition coefficient (Wildman–Crippen LogP) is 4.72. The van der Waals surface area contributed by atoms with Crippen molar-refractivity contribution in [2.75, 3.05) is 20.8 Å². The van der Waals surface area contributed by atoms with Crippen LogP contribution in [0.3, 0.4) is 0 Å². The van der Waals surface area contributed by atoms with E-state index in [9.17, 15) is 14.7 Å². The van der Waals surface area contributed by atoms with Crippen molar-refractivity contribution in [2.45, 2.75) is 32.7 Å². The molecule has 2 heterocycles. The first kappa shape index (κ1) is 22.5. The van der Waals surface area contributed by atoms with Crippen molar-refractivity contribution in [3.63, 3.8) is 0 Å². The maximum absolute atomic E-state index is 13.3. The van der Waals surface area contributed by atoms with Crippen LogP contribution in [0, 0.1) is 6.92 Å². The number of aromatic nitrogens is 1. The molecule has 7 heteroatoms. The molecule has 1 unspecified atom stereocenters. The first-order chi connectivity index (χ1) is 15.9. The Balaban J connectivity index is 1.98. The number of aromatic amines is 1. The monoisotopic (exact) mass is 448 g/mol. The van der Waals surface area contributed by atoms with Crippen LogP contribution in [0.1, 0.15) is 42.6 Å². The lowest BCUT2D eigenvalue weighted by Gasteiger charge is -2.25. The average molecular weight is 449 g/mol. The second-order valence-corrected chi connectivity index (χ2v) is 8.12. The lowest BCUT2D eigenvalue weighted by atomic mass is 9.93. The number of rotatable bonds is 7. The van der Waals surface area contributed by atoms with Crippen LogP contribution in [-0.2, 0) is 9.59 Å². The number of ketones is 1. The van der Waals surface area contributed by atoms with Crippen molar-refractivity contribution in [2.24, 2.45) is 0 Å². The Morgan fingerprint density at radius 3 is 2.58 bits per heavy atom. The van der Waals surface area contributed by atoms with Crippen LogP contribution in [0.4, 0.5) is 0 Å². The molecule has 0 aliphatic carbocycles. The third-order valence-electron chi connectivity index (χ3n) is 6.17. The zero-order valence-electron chi connectivity index (χ0n) is 19.3. The second-order valence-electron chi connectivity index (χ2n) is 8.12. The molecule has 0 bridgehead atoms. The number of benzene rings is 2. The third-order valence-corrected chi connectivity index (χ3v) is 6.17. The van der Waals surface area contributed by atoms with Gasteiger partial charge in [-0.05, 0) is 31.5 Å². The smallest absolute Gasteiger partial charge is 0.295 e. The Hall–Kier alpha value is -3.74. The van der Waals surface area contributed by atoms with Gasteiger partial charge in [0.25, 0.3) is 11.7 Å². The number of para-hydroxylation sites is 1. The topological polar surface area (TPSA) is 91.9 Å². The summed E-state index contributed by atoms with van der Waals surface area (Å²) in [6.45, 7) is 4.37. The Morgan fingerprint density at radius 1 is 1.12 bits per heavy atom. The van der Waals surface area contributed by atoms with Crippen molar-refractivity contribution in [3.8, 4) is 11.5 Å². The van der Waals surface area contributed by atoms with E-state index in [1.807, 2.05) is 38.1 Å². The van der Waals surface area contributed by atoms with Crippen molar-refractivity contribution in [1.29, 1.82) is 0 Å². The van der Waals surface area contributed by atoms with Gasteiger partial charge in [0.1, 0.15) is 17.3 Å². The van der Waals surface area contributed by atoms with Gasteiger partial charge < -0.3 is 24.5 Å². The molecular formula is C26H28N2O5. The van der Waals surface area contributed by atoms with Gasteiger partial charge in [-0.1, -0.05) is 31.5 Å². The Morgan fingerprint density at radius 2 is 1.88 bits per heavy atom. The number of hydrogen-bond acceptors (Lipinski definition) is 5. The van der Waals surface area contributed by atoms with Crippen LogP contribution in [-0.4, -0.2) is 47.4 Å². The van der Waals surface area contributed by atoms with E-state index in [2.05, 4.69) is 4.98 Å². The highest BCUT2D eigenvalue weighted by Crippen LogP contribution is 2.44. The summed E-state index contributed by atoms with van der Waals surface area (Å²) in [4.78, 5) is 31.4. The molecule has 33 heavy (non-hydrogen) atoms. The minimum absolute atomic E-state index is 0.0624. The highest BCUT2D eigenvalue weighted by molar-refractivity contribution is 6.46. The molecule has 172 valence electrons. The maximum Gasteiger partial charge on any atom is 0.295 e. The minimum Gasteiger partial charge on any atom is -0.507 e. The third kappa shape index (κ3) is 3.73. The fraction of sp³-hybridized carbons (Fsp3) is 0.308. The zero-order valence-corrected chi connectivity index (χ0v) is 19.3. The van der Waals surface area contributed by atoms with Crippen LogP contribution in [0.2, 0.25) is 0 Å². The molecule has 1 aliphatic rings. The van der Waals surface area contributed by atoms with Crippen molar-refractivity contribution in [1.82, 2.24) is 9.88 Å². The van der Waals surface area contributed by atoms with Crippen LogP contribution in [0.15, 0.2) is 48.0 Å². The van der Waals surface area contributed by atoms with E-state index in [0.29, 0.717) is 23.6 Å². The summed E-state index contributed by atoms with van der Waals surface area (Å²) in [5, 5.41) is 12.3. The largest absolute Gasteiger partial charge is 0.507 e. The van der Waals surface area contributed by atoms with Crippen molar-refractivity contribution < 1.29 is 24.2 Å². The standard InChI is InChI=1S/C26H28N2O5/c1-5-6-13-28-23(21-15(2)27-19-10-8-7-9-17(19)21)22(25(30)26(28)31)24(29)18-12-11-16(32-3)14-20(18)33-4/h7-12,14,23,27,29H,5-6,13H2,1-4H3/b24-22+. The van der Waals surface area contributed by atoms with Crippen molar-refractivity contribution in [3.05, 3.63) is 64.9 Å². The summed E-state index contributed by atoms with van der Waals surface area (Å²) in [5.74, 6) is -0.665. The SMILES string of the molecule is CCCCN1C(=O)C(=O)/C(=C(/O)c2ccc(OC)cc2OC)C1c1c(C)[nH]c2ccccc12. The molecule has 0 spiro atoms. The minimum atomic E-state index is -0.709. The van der Waals surface area contributed by atoms with Gasteiger partial charge >= 0.3 is 0 Å². The number of H-pyrrole nitrogens is 1. The molecule has 2 aromatic carbocycles. The van der Waals surface area contributed by atoms with Gasteiger partial charge in [-0.3, -0.25) is 9.59 Å². The molecule has 0 saturated carbocycles. The fourth-order valence-corrected chi connectivity index (χ4v) is 4.53. The number of hydrogen-bond donors (Lipinski definition) is 2. The van der Waals surface area contributed by atoms with Gasteiger partial charge in [-0.25, -0.2) is 0 Å². The van der Waals surface area contributed by atoms with Gasteiger partial charge in [0.2, 0.25) is 0 Å². The molecule has 2 N–H and O–H groups in total. The van der Waals surface area contributed by atoms with Crippen LogP contribution in [0.5, 0.6) is 11.5 Å². The highest BCUT2D eigenvalue weighted by Gasteiger charge is 2.47. The van der Waals surface area contributed by atoms with E-state index < -0.39 is 17.7 Å². The maximum atomic E-state index is 13.3. The number of nitrogens with one attached hydrogen (secondary N) is 1. The summed E-state index contributed by atoms with van der Waals surface area (Å²) < 4.78 is 10.7. The van der Waals surface area contributed by atoms with Gasteiger partial charge in [-0.2, -0.15) is 0 Å². The van der Waals surface area contributed by atoms with E-state index in [-0.39, 0.29) is 11.3 Å². The Bertz CT molecular complexity index is 1260. The summed E-state index contributed by atoms with van der Waals surface area (Å²) in [5.41, 5.74) is 2.96. The molecule has 0 radical (unpaired) electrons. The number of ether oxygens (including phenoxy) is 2. The summed E-state index contributed by atoms with van der Waals surface area (Å²) >= 11 is 0. The van der Waals surface area contributed by atoms with E-state index in [1.54, 1.807) is 23.1 Å². The number of methoxy groups -OCH3 is 2. The molecule has 1 fully saturated rings. The number of aryl methyl sites for hydroxylation is 1. The Labute approximate surface area is 192 Å². The normalized spacial score (nSPS) is 17.7. The van der Waals surface area contributed by atoms with Gasteiger partial charge in [0, 0.05) is 34.8 Å². The number of nitrogens with zero attached hydrogens (tertiary/aromatic N) is 1. The first-order valence-electron chi connectivity index (χ1n) is 11.0. The van der Waals surface area contributed by atoms with Gasteiger partial charge in [0.15, 0.2) is 0 Å². The molecule has 4 rings (SSSR count). The molecule has 1 amide bonds. The van der Waals surface area contributed by atoms with E-state index in [1.165, 1.54) is 14.2 Å². The molecular weight excluding hydrogens is 420 g/mol. The van der Waals surface area contributed by atoms with Gasteiger partial charge in [0.05, 0.1) is 31.4 Å². The number of aliphatic hydroxyl groups excluding tert-OH is 1. The molecule has 1 aromatic heterocycles. The number of Topliss-reactive ketones (excluding diaryl/α,β-unsaturated/α-hetero) is 1. The first-order valence-corrected chi connectivity index (χ1v) is 11.0. The van der Waals surface area contributed by atoms with E-state index >= 15 is 0 Å². The molecule has 1 aliphatic heterocycles. The quantitative estimate of drug-likeness (QED) is 0.310. The van der Waals surface area contributed by atoms with Crippen LogP contribution in [0.25, 0.3) is 16.7 Å².